The number of carbonyl (C=O) groups excluding carboxylic acids is 1. The van der Waals surface area contributed by atoms with E-state index in [2.05, 4.69) is 4.74 Å². The minimum absolute atomic E-state index is 0.216. The van der Waals surface area contributed by atoms with E-state index < -0.39 is 17.6 Å². The second kappa shape index (κ2) is 4.68. The zero-order valence-corrected chi connectivity index (χ0v) is 9.47. The molecule has 0 fully saturated rings. The Bertz CT molecular complexity index is 366. The monoisotopic (exact) mass is 312 g/mol. The Labute approximate surface area is 93.4 Å². The molecule has 0 N–H and O–H groups in total. The average molecular weight is 312 g/mol. The lowest BCUT2D eigenvalue weighted by Crippen LogP contribution is -2.04. The summed E-state index contributed by atoms with van der Waals surface area (Å²) in [6, 6.07) is 2.46. The SMILES string of the molecule is CC(=O)OCc1c(F)ccc(I)c1F. The van der Waals surface area contributed by atoms with Gasteiger partial charge < -0.3 is 4.74 Å². The summed E-state index contributed by atoms with van der Waals surface area (Å²) in [6.07, 6.45) is 0. The predicted molar refractivity (Wildman–Crippen MR) is 54.5 cm³/mol. The molecule has 0 atom stereocenters. The molecular weight excluding hydrogens is 305 g/mol. The van der Waals surface area contributed by atoms with Gasteiger partial charge in [-0.2, -0.15) is 0 Å². The van der Waals surface area contributed by atoms with E-state index in [4.69, 9.17) is 0 Å². The van der Waals surface area contributed by atoms with E-state index in [1.165, 1.54) is 13.0 Å². The number of hydrogen-bond acceptors (Lipinski definition) is 2. The number of hydrogen-bond donors (Lipinski definition) is 0. The fourth-order valence-corrected chi connectivity index (χ4v) is 1.38. The predicted octanol–water partition coefficient (Wildman–Crippen LogP) is 2.63. The van der Waals surface area contributed by atoms with E-state index in [-0.39, 0.29) is 12.2 Å². The number of benzene rings is 1. The first kappa shape index (κ1) is 11.4. The minimum Gasteiger partial charge on any atom is -0.461 e. The zero-order chi connectivity index (χ0) is 10.7. The van der Waals surface area contributed by atoms with Gasteiger partial charge >= 0.3 is 5.97 Å². The maximum atomic E-state index is 13.3. The first-order valence-corrected chi connectivity index (χ1v) is 4.86. The van der Waals surface area contributed by atoms with Crippen LogP contribution in [0.2, 0.25) is 0 Å². The van der Waals surface area contributed by atoms with Crippen molar-refractivity contribution in [1.29, 1.82) is 0 Å². The molecule has 0 aliphatic rings. The molecule has 0 saturated heterocycles. The van der Waals surface area contributed by atoms with Crippen LogP contribution in [0.3, 0.4) is 0 Å². The summed E-state index contributed by atoms with van der Waals surface area (Å²) in [5.41, 5.74) is -0.216. The topological polar surface area (TPSA) is 26.3 Å². The molecule has 0 bridgehead atoms. The van der Waals surface area contributed by atoms with Crippen LogP contribution in [0.15, 0.2) is 12.1 Å². The number of ether oxygens (including phenoxy) is 1. The molecule has 0 spiro atoms. The van der Waals surface area contributed by atoms with Crippen LogP contribution in [-0.4, -0.2) is 5.97 Å². The number of esters is 1. The van der Waals surface area contributed by atoms with Crippen molar-refractivity contribution in [3.05, 3.63) is 32.9 Å². The van der Waals surface area contributed by atoms with Crippen molar-refractivity contribution in [2.24, 2.45) is 0 Å². The molecule has 76 valence electrons. The molecule has 5 heteroatoms. The van der Waals surface area contributed by atoms with Crippen LogP contribution in [0.4, 0.5) is 8.78 Å². The Balaban J connectivity index is 2.95. The van der Waals surface area contributed by atoms with E-state index in [9.17, 15) is 13.6 Å². The second-order valence-corrected chi connectivity index (χ2v) is 3.76. The van der Waals surface area contributed by atoms with E-state index >= 15 is 0 Å². The van der Waals surface area contributed by atoms with Crippen molar-refractivity contribution in [3.8, 4) is 0 Å². The van der Waals surface area contributed by atoms with E-state index in [0.717, 1.165) is 6.07 Å². The van der Waals surface area contributed by atoms with Crippen molar-refractivity contribution >= 4 is 28.6 Å². The maximum absolute atomic E-state index is 13.3. The van der Waals surface area contributed by atoms with E-state index in [1.54, 1.807) is 22.6 Å². The molecule has 0 saturated carbocycles. The highest BCUT2D eigenvalue weighted by Crippen LogP contribution is 2.19. The van der Waals surface area contributed by atoms with Gasteiger partial charge in [0.2, 0.25) is 0 Å². The Morgan fingerprint density at radius 3 is 2.71 bits per heavy atom. The minimum atomic E-state index is -0.704. The Kier molecular flexibility index (Phi) is 3.79. The maximum Gasteiger partial charge on any atom is 0.302 e. The Morgan fingerprint density at radius 2 is 2.14 bits per heavy atom. The third-order valence-electron chi connectivity index (χ3n) is 1.56. The van der Waals surface area contributed by atoms with Gasteiger partial charge in [0.1, 0.15) is 18.2 Å². The molecule has 1 aromatic rings. The Hall–Kier alpha value is -0.720. The third-order valence-corrected chi connectivity index (χ3v) is 2.39. The lowest BCUT2D eigenvalue weighted by atomic mass is 10.2. The standard InChI is InChI=1S/C9H7F2IO2/c1-5(13)14-4-6-7(10)2-3-8(12)9(6)11/h2-3H,4H2,1H3. The molecule has 1 aromatic carbocycles. The molecule has 2 nitrogen and oxygen atoms in total. The van der Waals surface area contributed by atoms with Crippen molar-refractivity contribution in [1.82, 2.24) is 0 Å². The van der Waals surface area contributed by atoms with Gasteiger partial charge in [-0.1, -0.05) is 0 Å². The molecule has 0 unspecified atom stereocenters. The second-order valence-electron chi connectivity index (χ2n) is 2.60. The lowest BCUT2D eigenvalue weighted by molar-refractivity contribution is -0.142. The third kappa shape index (κ3) is 2.63. The van der Waals surface area contributed by atoms with Gasteiger partial charge in [0.15, 0.2) is 0 Å². The van der Waals surface area contributed by atoms with Gasteiger partial charge in [-0.25, -0.2) is 8.78 Å². The first-order valence-electron chi connectivity index (χ1n) is 3.78. The smallest absolute Gasteiger partial charge is 0.302 e. The van der Waals surface area contributed by atoms with Crippen molar-refractivity contribution < 1.29 is 18.3 Å². The molecule has 0 aromatic heterocycles. The van der Waals surface area contributed by atoms with Crippen LogP contribution in [0.1, 0.15) is 12.5 Å². The number of carbonyl (C=O) groups is 1. The average Bonchev–Trinajstić information content (AvgIpc) is 2.11. The summed E-state index contributed by atoms with van der Waals surface area (Å²) >= 11 is 1.74. The molecular formula is C9H7F2IO2. The van der Waals surface area contributed by atoms with Crippen molar-refractivity contribution in [2.45, 2.75) is 13.5 Å². The molecule has 1 rings (SSSR count). The molecule has 0 amide bonds. The van der Waals surface area contributed by atoms with E-state index in [0.29, 0.717) is 3.57 Å². The summed E-state index contributed by atoms with van der Waals surface area (Å²) in [5.74, 6) is -1.95. The van der Waals surface area contributed by atoms with Crippen LogP contribution in [0, 0.1) is 15.2 Å². The van der Waals surface area contributed by atoms with Crippen molar-refractivity contribution in [3.63, 3.8) is 0 Å². The summed E-state index contributed by atoms with van der Waals surface area (Å²) < 4.78 is 31.1. The van der Waals surface area contributed by atoms with Gasteiger partial charge in [-0.05, 0) is 34.7 Å². The molecule has 0 aliphatic heterocycles. The number of halogens is 3. The Morgan fingerprint density at radius 1 is 1.50 bits per heavy atom. The molecule has 14 heavy (non-hydrogen) atoms. The quantitative estimate of drug-likeness (QED) is 0.477. The van der Waals surface area contributed by atoms with Gasteiger partial charge in [0, 0.05) is 10.5 Å². The molecule has 0 radical (unpaired) electrons. The van der Waals surface area contributed by atoms with Gasteiger partial charge in [-0.15, -0.1) is 0 Å². The fourth-order valence-electron chi connectivity index (χ4n) is 0.875. The summed E-state index contributed by atoms with van der Waals surface area (Å²) in [7, 11) is 0. The molecule has 0 aliphatic carbocycles. The highest BCUT2D eigenvalue weighted by molar-refractivity contribution is 14.1. The highest BCUT2D eigenvalue weighted by Gasteiger charge is 2.12. The van der Waals surface area contributed by atoms with E-state index in [1.807, 2.05) is 0 Å². The van der Waals surface area contributed by atoms with Gasteiger partial charge in [0.25, 0.3) is 0 Å². The van der Waals surface area contributed by atoms with Gasteiger partial charge in [-0.3, -0.25) is 4.79 Å². The highest BCUT2D eigenvalue weighted by atomic mass is 127. The summed E-state index contributed by atoms with van der Waals surface area (Å²) in [4.78, 5) is 10.5. The summed E-state index contributed by atoms with van der Waals surface area (Å²) in [5, 5.41) is 0. The number of rotatable bonds is 2. The van der Waals surface area contributed by atoms with Crippen LogP contribution in [0.5, 0.6) is 0 Å². The fraction of sp³-hybridized carbons (Fsp3) is 0.222. The van der Waals surface area contributed by atoms with Crippen molar-refractivity contribution in [2.75, 3.05) is 0 Å². The molecule has 0 heterocycles. The van der Waals surface area contributed by atoms with Gasteiger partial charge in [0.05, 0.1) is 5.56 Å². The normalized spacial score (nSPS) is 10.0. The van der Waals surface area contributed by atoms with Crippen LogP contribution in [-0.2, 0) is 16.1 Å². The zero-order valence-electron chi connectivity index (χ0n) is 7.31. The lowest BCUT2D eigenvalue weighted by Gasteiger charge is -2.06. The largest absolute Gasteiger partial charge is 0.461 e. The van der Waals surface area contributed by atoms with Crippen LogP contribution in [0.25, 0.3) is 0 Å². The van der Waals surface area contributed by atoms with Crippen LogP contribution >= 0.6 is 22.6 Å². The summed E-state index contributed by atoms with van der Waals surface area (Å²) in [6.45, 7) is 0.813. The van der Waals surface area contributed by atoms with Crippen LogP contribution < -0.4 is 0 Å². The first-order chi connectivity index (χ1) is 6.52.